The van der Waals surface area contributed by atoms with Crippen molar-refractivity contribution in [3.8, 4) is 0 Å². The van der Waals surface area contributed by atoms with E-state index >= 15 is 0 Å². The third-order valence-corrected chi connectivity index (χ3v) is 6.67. The van der Waals surface area contributed by atoms with Gasteiger partial charge in [-0.05, 0) is 42.4 Å². The van der Waals surface area contributed by atoms with Crippen molar-refractivity contribution >= 4 is 15.7 Å². The van der Waals surface area contributed by atoms with Crippen molar-refractivity contribution in [2.24, 2.45) is 22.5 Å². The second kappa shape index (κ2) is 5.23. The number of hydrogen-bond acceptors (Lipinski definition) is 4. The molecule has 4 unspecified atom stereocenters. The lowest BCUT2D eigenvalue weighted by molar-refractivity contribution is -0.125. The molecule has 3 N–H and O–H groups in total. The Morgan fingerprint density at radius 1 is 1.38 bits per heavy atom. The monoisotopic (exact) mass is 316 g/mol. The van der Waals surface area contributed by atoms with Gasteiger partial charge < -0.3 is 11.1 Å². The van der Waals surface area contributed by atoms with Crippen LogP contribution in [0.5, 0.6) is 0 Å². The minimum Gasteiger partial charge on any atom is -0.351 e. The van der Waals surface area contributed by atoms with Gasteiger partial charge in [0.2, 0.25) is 5.91 Å². The fraction of sp³-hybridized carbons (Fsp3) is 0.933. The molecule has 2 rings (SSSR count). The lowest BCUT2D eigenvalue weighted by Gasteiger charge is -2.43. The van der Waals surface area contributed by atoms with Crippen LogP contribution in [-0.2, 0) is 14.6 Å². The first kappa shape index (κ1) is 16.7. The van der Waals surface area contributed by atoms with Crippen LogP contribution in [0.4, 0.5) is 0 Å². The van der Waals surface area contributed by atoms with E-state index in [1.165, 1.54) is 6.42 Å². The molecule has 1 amide bonds. The lowest BCUT2D eigenvalue weighted by atomic mass is 9.68. The van der Waals surface area contributed by atoms with Crippen molar-refractivity contribution in [2.75, 3.05) is 12.0 Å². The zero-order valence-corrected chi connectivity index (χ0v) is 14.3. The normalized spacial score (nSPS) is 35.7. The number of carbonyl (C=O) groups excluding carboxylic acids is 1. The SMILES string of the molecule is CC12CCC(C1)C(C)(C)C2NC(=O)C(N)CCS(C)(=O)=O. The van der Waals surface area contributed by atoms with Crippen molar-refractivity contribution in [3.05, 3.63) is 0 Å². The van der Waals surface area contributed by atoms with Crippen LogP contribution in [0, 0.1) is 16.7 Å². The molecule has 0 aromatic heterocycles. The van der Waals surface area contributed by atoms with Crippen molar-refractivity contribution in [3.63, 3.8) is 0 Å². The van der Waals surface area contributed by atoms with Crippen molar-refractivity contribution < 1.29 is 13.2 Å². The standard InChI is InChI=1S/C15H28N2O3S/c1-14(2)10-5-7-15(3,9-10)13(14)17-12(18)11(16)6-8-21(4,19)20/h10-11,13H,5-9,16H2,1-4H3,(H,17,18). The van der Waals surface area contributed by atoms with Gasteiger partial charge in [0.15, 0.2) is 0 Å². The van der Waals surface area contributed by atoms with Gasteiger partial charge in [-0.1, -0.05) is 20.8 Å². The van der Waals surface area contributed by atoms with Gasteiger partial charge in [-0.3, -0.25) is 4.79 Å². The molecule has 0 saturated heterocycles. The average Bonchev–Trinajstić information content (AvgIpc) is 2.81. The van der Waals surface area contributed by atoms with Crippen LogP contribution in [-0.4, -0.2) is 38.4 Å². The Kier molecular flexibility index (Phi) is 4.17. The Bertz CT molecular complexity index is 524. The Morgan fingerprint density at radius 2 is 2.00 bits per heavy atom. The molecule has 0 aromatic rings. The van der Waals surface area contributed by atoms with Crippen LogP contribution in [0.25, 0.3) is 0 Å². The van der Waals surface area contributed by atoms with E-state index in [2.05, 4.69) is 26.1 Å². The van der Waals surface area contributed by atoms with Gasteiger partial charge in [-0.25, -0.2) is 8.42 Å². The van der Waals surface area contributed by atoms with E-state index in [0.29, 0.717) is 5.92 Å². The van der Waals surface area contributed by atoms with Crippen LogP contribution >= 0.6 is 0 Å². The van der Waals surface area contributed by atoms with E-state index < -0.39 is 15.9 Å². The number of sulfone groups is 1. The number of nitrogens with two attached hydrogens (primary N) is 1. The summed E-state index contributed by atoms with van der Waals surface area (Å²) in [5, 5.41) is 3.12. The van der Waals surface area contributed by atoms with Gasteiger partial charge in [0.1, 0.15) is 9.84 Å². The summed E-state index contributed by atoms with van der Waals surface area (Å²) in [6, 6.07) is -0.626. The fourth-order valence-electron chi connectivity index (χ4n) is 4.38. The van der Waals surface area contributed by atoms with Gasteiger partial charge in [0.05, 0.1) is 11.8 Å². The average molecular weight is 316 g/mol. The predicted octanol–water partition coefficient (Wildman–Crippen LogP) is 1.08. The largest absolute Gasteiger partial charge is 0.351 e. The summed E-state index contributed by atoms with van der Waals surface area (Å²) in [5.41, 5.74) is 6.09. The molecule has 2 aliphatic carbocycles. The quantitative estimate of drug-likeness (QED) is 0.794. The molecule has 2 aliphatic rings. The molecule has 6 heteroatoms. The maximum absolute atomic E-state index is 12.3. The van der Waals surface area contributed by atoms with Crippen molar-refractivity contribution in [1.82, 2.24) is 5.32 Å². The Hall–Kier alpha value is -0.620. The molecule has 2 bridgehead atoms. The van der Waals surface area contributed by atoms with Gasteiger partial charge >= 0.3 is 0 Å². The third-order valence-electron chi connectivity index (χ3n) is 5.69. The smallest absolute Gasteiger partial charge is 0.237 e. The zero-order chi connectivity index (χ0) is 16.1. The van der Waals surface area contributed by atoms with E-state index in [4.69, 9.17) is 5.73 Å². The zero-order valence-electron chi connectivity index (χ0n) is 13.5. The van der Waals surface area contributed by atoms with Crippen molar-refractivity contribution in [1.29, 1.82) is 0 Å². The second-order valence-electron chi connectivity index (χ2n) is 7.88. The molecule has 0 radical (unpaired) electrons. The van der Waals surface area contributed by atoms with Crippen LogP contribution in [0.1, 0.15) is 46.5 Å². The number of carbonyl (C=O) groups is 1. The van der Waals surface area contributed by atoms with Crippen LogP contribution in [0.15, 0.2) is 0 Å². The molecule has 5 nitrogen and oxygen atoms in total. The molecule has 0 heterocycles. The van der Waals surface area contributed by atoms with Gasteiger partial charge in [0, 0.05) is 12.3 Å². The molecule has 2 saturated carbocycles. The summed E-state index contributed by atoms with van der Waals surface area (Å²) in [6.45, 7) is 6.68. The summed E-state index contributed by atoms with van der Waals surface area (Å²) >= 11 is 0. The maximum Gasteiger partial charge on any atom is 0.237 e. The van der Waals surface area contributed by atoms with Crippen molar-refractivity contribution in [2.45, 2.75) is 58.5 Å². The van der Waals surface area contributed by atoms with E-state index in [1.807, 2.05) is 0 Å². The maximum atomic E-state index is 12.3. The third kappa shape index (κ3) is 3.26. The summed E-state index contributed by atoms with van der Waals surface area (Å²) in [7, 11) is -3.08. The number of rotatable bonds is 5. The molecule has 2 fully saturated rings. The summed E-state index contributed by atoms with van der Waals surface area (Å²) in [4.78, 5) is 12.3. The molecule has 21 heavy (non-hydrogen) atoms. The van der Waals surface area contributed by atoms with E-state index in [1.54, 1.807) is 0 Å². The highest BCUT2D eigenvalue weighted by Crippen LogP contribution is 2.62. The summed E-state index contributed by atoms with van der Waals surface area (Å²) in [6.07, 6.45) is 4.87. The Balaban J connectivity index is 1.99. The van der Waals surface area contributed by atoms with Crippen LogP contribution in [0.3, 0.4) is 0 Å². The minimum absolute atomic E-state index is 0.0461. The highest BCUT2D eigenvalue weighted by molar-refractivity contribution is 7.90. The number of amides is 1. The highest BCUT2D eigenvalue weighted by atomic mass is 32.2. The highest BCUT2D eigenvalue weighted by Gasteiger charge is 2.59. The molecule has 122 valence electrons. The Morgan fingerprint density at radius 3 is 2.48 bits per heavy atom. The molecule has 0 spiro atoms. The van der Waals surface area contributed by atoms with Crippen LogP contribution < -0.4 is 11.1 Å². The number of hydrogen-bond donors (Lipinski definition) is 2. The van der Waals surface area contributed by atoms with E-state index in [-0.39, 0.29) is 35.0 Å². The number of fused-ring (bicyclic) bond motifs is 2. The van der Waals surface area contributed by atoms with E-state index in [0.717, 1.165) is 19.1 Å². The Labute approximate surface area is 128 Å². The molecular weight excluding hydrogens is 288 g/mol. The van der Waals surface area contributed by atoms with E-state index in [9.17, 15) is 13.2 Å². The lowest BCUT2D eigenvalue weighted by Crippen LogP contribution is -2.56. The molecule has 0 aliphatic heterocycles. The predicted molar refractivity (Wildman–Crippen MR) is 83.5 cm³/mol. The fourth-order valence-corrected chi connectivity index (χ4v) is 5.07. The summed E-state index contributed by atoms with van der Waals surface area (Å²) in [5.74, 6) is 0.390. The van der Waals surface area contributed by atoms with Crippen LogP contribution in [0.2, 0.25) is 0 Å². The number of nitrogens with one attached hydrogen (secondary N) is 1. The first-order valence-corrected chi connectivity index (χ1v) is 9.75. The van der Waals surface area contributed by atoms with Gasteiger partial charge in [-0.15, -0.1) is 0 Å². The summed E-state index contributed by atoms with van der Waals surface area (Å²) < 4.78 is 22.3. The first-order valence-electron chi connectivity index (χ1n) is 7.69. The first-order chi connectivity index (χ1) is 9.46. The van der Waals surface area contributed by atoms with Gasteiger partial charge in [-0.2, -0.15) is 0 Å². The molecular formula is C15H28N2O3S. The molecule has 0 aromatic carbocycles. The van der Waals surface area contributed by atoms with Gasteiger partial charge in [0.25, 0.3) is 0 Å². The second-order valence-corrected chi connectivity index (χ2v) is 10.1. The minimum atomic E-state index is -3.08. The molecule has 4 atom stereocenters. The topological polar surface area (TPSA) is 89.3 Å².